The van der Waals surface area contributed by atoms with Crippen LogP contribution in [-0.2, 0) is 16.1 Å². The molecule has 2 amide bonds. The Kier molecular flexibility index (Phi) is 9.37. The van der Waals surface area contributed by atoms with Crippen molar-refractivity contribution in [2.24, 2.45) is 0 Å². The summed E-state index contributed by atoms with van der Waals surface area (Å²) in [5.41, 5.74) is 1.12. The summed E-state index contributed by atoms with van der Waals surface area (Å²) in [6.45, 7) is 1.29. The molecule has 21 heavy (non-hydrogen) atoms. The third-order valence-electron chi connectivity index (χ3n) is 3.13. The van der Waals surface area contributed by atoms with Crippen molar-refractivity contribution < 1.29 is 9.59 Å². The monoisotopic (exact) mass is 308 g/mol. The number of nitrogens with one attached hydrogen (secondary N) is 2. The predicted molar refractivity (Wildman–Crippen MR) is 88.2 cm³/mol. The molecule has 0 aliphatic carbocycles. The van der Waals surface area contributed by atoms with Crippen molar-refractivity contribution in [1.29, 1.82) is 0 Å². The lowest BCUT2D eigenvalue weighted by Crippen LogP contribution is -2.25. The highest BCUT2D eigenvalue weighted by molar-refractivity contribution is 7.81. The fourth-order valence-corrected chi connectivity index (χ4v) is 2.04. The van der Waals surface area contributed by atoms with Crippen LogP contribution in [0.2, 0.25) is 0 Å². The largest absolute Gasteiger partial charge is 0.355 e. The molecule has 0 spiro atoms. The molecule has 0 aromatic heterocycles. The van der Waals surface area contributed by atoms with Gasteiger partial charge in [-0.05, 0) is 18.4 Å². The molecule has 0 saturated carbocycles. The standard InChI is InChI=1S/C16H24N2O2S/c19-15(18-12-14-8-4-3-5-9-14)10-6-1-2-7-11-17-16(20)13-21/h3-5,8-9,21H,1-2,6-7,10-13H2,(H,17,20)(H,18,19). The Morgan fingerprint density at radius 2 is 1.62 bits per heavy atom. The van der Waals surface area contributed by atoms with Gasteiger partial charge >= 0.3 is 0 Å². The van der Waals surface area contributed by atoms with Crippen molar-refractivity contribution in [3.8, 4) is 0 Å². The third kappa shape index (κ3) is 9.13. The fraction of sp³-hybridized carbons (Fsp3) is 0.500. The highest BCUT2D eigenvalue weighted by atomic mass is 32.1. The second-order valence-corrected chi connectivity index (χ2v) is 5.25. The van der Waals surface area contributed by atoms with Crippen LogP contribution in [0.4, 0.5) is 0 Å². The number of carbonyl (C=O) groups excluding carboxylic acids is 2. The molecule has 0 heterocycles. The molecule has 1 aromatic rings. The van der Waals surface area contributed by atoms with E-state index < -0.39 is 0 Å². The maximum atomic E-state index is 11.7. The van der Waals surface area contributed by atoms with Gasteiger partial charge in [0.05, 0.1) is 5.75 Å². The molecule has 0 saturated heterocycles. The molecule has 0 radical (unpaired) electrons. The summed E-state index contributed by atoms with van der Waals surface area (Å²) in [6, 6.07) is 9.89. The molecule has 4 nitrogen and oxygen atoms in total. The first-order chi connectivity index (χ1) is 10.2. The van der Waals surface area contributed by atoms with E-state index in [2.05, 4.69) is 23.3 Å². The van der Waals surface area contributed by atoms with E-state index in [1.165, 1.54) is 0 Å². The summed E-state index contributed by atoms with van der Waals surface area (Å²) < 4.78 is 0. The minimum Gasteiger partial charge on any atom is -0.355 e. The quantitative estimate of drug-likeness (QED) is 0.459. The van der Waals surface area contributed by atoms with Gasteiger partial charge in [0.2, 0.25) is 11.8 Å². The Balaban J connectivity index is 1.95. The third-order valence-corrected chi connectivity index (χ3v) is 3.42. The normalized spacial score (nSPS) is 10.1. The smallest absolute Gasteiger partial charge is 0.229 e. The second-order valence-electron chi connectivity index (χ2n) is 4.93. The number of thiol groups is 1. The first kappa shape index (κ1) is 17.6. The molecule has 1 rings (SSSR count). The van der Waals surface area contributed by atoms with Gasteiger partial charge in [-0.15, -0.1) is 0 Å². The number of hydrogen-bond acceptors (Lipinski definition) is 3. The van der Waals surface area contributed by atoms with Crippen LogP contribution in [0.5, 0.6) is 0 Å². The number of rotatable bonds is 10. The summed E-state index contributed by atoms with van der Waals surface area (Å²) >= 11 is 3.89. The van der Waals surface area contributed by atoms with E-state index in [0.29, 0.717) is 19.5 Å². The van der Waals surface area contributed by atoms with Crippen LogP contribution in [0.1, 0.15) is 37.7 Å². The van der Waals surface area contributed by atoms with Crippen molar-refractivity contribution >= 4 is 24.4 Å². The minimum atomic E-state index is -0.0291. The molecular weight excluding hydrogens is 284 g/mol. The van der Waals surface area contributed by atoms with Crippen LogP contribution in [0.3, 0.4) is 0 Å². The van der Waals surface area contributed by atoms with Crippen LogP contribution in [0, 0.1) is 0 Å². The number of carbonyl (C=O) groups is 2. The Labute approximate surface area is 132 Å². The summed E-state index contributed by atoms with van der Waals surface area (Å²) in [4.78, 5) is 22.6. The second kappa shape index (κ2) is 11.2. The maximum absolute atomic E-state index is 11.7. The van der Waals surface area contributed by atoms with E-state index in [9.17, 15) is 9.59 Å². The topological polar surface area (TPSA) is 58.2 Å². The molecule has 2 N–H and O–H groups in total. The van der Waals surface area contributed by atoms with E-state index in [1.807, 2.05) is 30.3 Å². The van der Waals surface area contributed by atoms with E-state index in [4.69, 9.17) is 0 Å². The van der Waals surface area contributed by atoms with Crippen LogP contribution < -0.4 is 10.6 Å². The number of amides is 2. The van der Waals surface area contributed by atoms with Gasteiger partial charge in [-0.3, -0.25) is 9.59 Å². The maximum Gasteiger partial charge on any atom is 0.229 e. The van der Waals surface area contributed by atoms with Gasteiger partial charge in [-0.1, -0.05) is 43.2 Å². The Bertz CT molecular complexity index is 424. The molecule has 116 valence electrons. The molecule has 0 bridgehead atoms. The van der Waals surface area contributed by atoms with E-state index in [0.717, 1.165) is 31.2 Å². The van der Waals surface area contributed by atoms with Gasteiger partial charge in [-0.2, -0.15) is 12.6 Å². The molecule has 0 aliphatic heterocycles. The highest BCUT2D eigenvalue weighted by Crippen LogP contribution is 2.03. The van der Waals surface area contributed by atoms with Crippen LogP contribution in [-0.4, -0.2) is 24.1 Å². The first-order valence-corrected chi connectivity index (χ1v) is 8.04. The van der Waals surface area contributed by atoms with Gasteiger partial charge in [0.1, 0.15) is 0 Å². The summed E-state index contributed by atoms with van der Waals surface area (Å²) in [7, 11) is 0. The van der Waals surface area contributed by atoms with E-state index in [-0.39, 0.29) is 17.6 Å². The van der Waals surface area contributed by atoms with Gasteiger partial charge in [0.15, 0.2) is 0 Å². The van der Waals surface area contributed by atoms with Crippen molar-refractivity contribution in [1.82, 2.24) is 10.6 Å². The van der Waals surface area contributed by atoms with Gasteiger partial charge in [0.25, 0.3) is 0 Å². The first-order valence-electron chi connectivity index (χ1n) is 7.40. The van der Waals surface area contributed by atoms with Crippen LogP contribution in [0.25, 0.3) is 0 Å². The van der Waals surface area contributed by atoms with E-state index in [1.54, 1.807) is 0 Å². The minimum absolute atomic E-state index is 0.0291. The van der Waals surface area contributed by atoms with Gasteiger partial charge in [0, 0.05) is 19.5 Å². The average Bonchev–Trinajstić information content (AvgIpc) is 2.52. The summed E-state index contributed by atoms with van der Waals surface area (Å²) in [6.07, 6.45) is 4.44. The Morgan fingerprint density at radius 3 is 2.33 bits per heavy atom. The van der Waals surface area contributed by atoms with Crippen molar-refractivity contribution in [3.05, 3.63) is 35.9 Å². The van der Waals surface area contributed by atoms with Crippen molar-refractivity contribution in [2.75, 3.05) is 12.3 Å². The number of hydrogen-bond donors (Lipinski definition) is 3. The van der Waals surface area contributed by atoms with Crippen LogP contribution in [0.15, 0.2) is 30.3 Å². The predicted octanol–water partition coefficient (Wildman–Crippen LogP) is 2.30. The lowest BCUT2D eigenvalue weighted by atomic mass is 10.1. The molecule has 5 heteroatoms. The zero-order valence-electron chi connectivity index (χ0n) is 12.3. The fourth-order valence-electron chi connectivity index (χ4n) is 1.93. The average molecular weight is 308 g/mol. The molecule has 1 aromatic carbocycles. The van der Waals surface area contributed by atoms with Gasteiger partial charge < -0.3 is 10.6 Å². The number of unbranched alkanes of at least 4 members (excludes halogenated alkanes) is 3. The lowest BCUT2D eigenvalue weighted by Gasteiger charge is -2.06. The molecular formula is C16H24N2O2S. The zero-order chi connectivity index (χ0) is 15.3. The summed E-state index contributed by atoms with van der Waals surface area (Å²) in [5, 5.41) is 5.69. The van der Waals surface area contributed by atoms with Crippen molar-refractivity contribution in [2.45, 2.75) is 38.6 Å². The van der Waals surface area contributed by atoms with Crippen LogP contribution >= 0.6 is 12.6 Å². The Morgan fingerprint density at radius 1 is 0.905 bits per heavy atom. The highest BCUT2D eigenvalue weighted by Gasteiger charge is 2.01. The van der Waals surface area contributed by atoms with Gasteiger partial charge in [-0.25, -0.2) is 0 Å². The van der Waals surface area contributed by atoms with E-state index >= 15 is 0 Å². The lowest BCUT2D eigenvalue weighted by molar-refractivity contribution is -0.121. The molecule has 0 fully saturated rings. The summed E-state index contributed by atoms with van der Waals surface area (Å²) in [5.74, 6) is 0.308. The van der Waals surface area contributed by atoms with Crippen molar-refractivity contribution in [3.63, 3.8) is 0 Å². The zero-order valence-corrected chi connectivity index (χ0v) is 13.2. The molecule has 0 unspecified atom stereocenters. The number of benzene rings is 1. The Hall–Kier alpha value is -1.49. The molecule has 0 aliphatic rings. The SMILES string of the molecule is O=C(CS)NCCCCCCC(=O)NCc1ccccc1. The molecule has 0 atom stereocenters.